The molecule has 10 nitrogen and oxygen atoms in total. The molecule has 10 heteroatoms. The van der Waals surface area contributed by atoms with Crippen molar-refractivity contribution in [2.24, 2.45) is 5.92 Å². The Kier molecular flexibility index (Phi) is 9.74. The van der Waals surface area contributed by atoms with Crippen LogP contribution in [-0.2, 0) is 22.6 Å². The summed E-state index contributed by atoms with van der Waals surface area (Å²) in [5.41, 5.74) is 4.98. The Balaban J connectivity index is 1.18. The van der Waals surface area contributed by atoms with Gasteiger partial charge < -0.3 is 15.0 Å². The number of rotatable bonds is 11. The molecule has 4 rings (SSSR count). The summed E-state index contributed by atoms with van der Waals surface area (Å²) >= 11 is 0. The molecule has 1 aliphatic heterocycles. The number of benzene rings is 2. The van der Waals surface area contributed by atoms with Crippen LogP contribution in [0.1, 0.15) is 45.9 Å². The van der Waals surface area contributed by atoms with Crippen LogP contribution >= 0.6 is 0 Å². The molecule has 0 aliphatic carbocycles. The van der Waals surface area contributed by atoms with Crippen molar-refractivity contribution in [3.05, 3.63) is 89.2 Å². The van der Waals surface area contributed by atoms with Gasteiger partial charge in [0, 0.05) is 38.6 Å². The molecule has 200 valence electrons. The van der Waals surface area contributed by atoms with E-state index in [0.717, 1.165) is 50.1 Å². The lowest BCUT2D eigenvalue weighted by molar-refractivity contribution is -0.143. The van der Waals surface area contributed by atoms with Crippen LogP contribution in [0.4, 0.5) is 5.95 Å². The van der Waals surface area contributed by atoms with Gasteiger partial charge in [0.25, 0.3) is 5.91 Å². The molecule has 0 spiro atoms. The number of nitrogens with zero attached hydrogens (tertiary/aromatic N) is 3. The zero-order valence-electron chi connectivity index (χ0n) is 21.5. The Morgan fingerprint density at radius 2 is 1.63 bits per heavy atom. The van der Waals surface area contributed by atoms with Gasteiger partial charge in [0.05, 0.1) is 12.7 Å². The van der Waals surface area contributed by atoms with E-state index in [0.29, 0.717) is 18.4 Å². The van der Waals surface area contributed by atoms with Crippen molar-refractivity contribution < 1.29 is 19.5 Å². The SMILES string of the molecule is COC(=O)[C@@H](NCc1ccc(CNCC2CCN(c3ncc(C(=O)NO)cn3)CC2)cc1)c1ccccc1. The molecular formula is C28H34N6O4. The number of amides is 1. The summed E-state index contributed by atoms with van der Waals surface area (Å²) in [7, 11) is 1.40. The first kappa shape index (κ1) is 27.2. The molecule has 2 heterocycles. The maximum Gasteiger partial charge on any atom is 0.327 e. The van der Waals surface area contributed by atoms with Gasteiger partial charge in [0.15, 0.2) is 0 Å². The molecule has 0 bridgehead atoms. The van der Waals surface area contributed by atoms with E-state index in [4.69, 9.17) is 9.94 Å². The van der Waals surface area contributed by atoms with Crippen LogP contribution in [-0.4, -0.2) is 53.8 Å². The fraction of sp³-hybridized carbons (Fsp3) is 0.357. The Bertz CT molecular complexity index is 1170. The summed E-state index contributed by atoms with van der Waals surface area (Å²) in [4.78, 5) is 34.3. The quantitative estimate of drug-likeness (QED) is 0.172. The Morgan fingerprint density at radius 1 is 1.00 bits per heavy atom. The summed E-state index contributed by atoms with van der Waals surface area (Å²) in [6.07, 6.45) is 4.90. The van der Waals surface area contributed by atoms with Crippen LogP contribution in [0.5, 0.6) is 0 Å². The number of methoxy groups -OCH3 is 1. The van der Waals surface area contributed by atoms with Crippen LogP contribution in [0.2, 0.25) is 0 Å². The molecule has 1 saturated heterocycles. The maximum atomic E-state index is 12.2. The third-order valence-electron chi connectivity index (χ3n) is 6.76. The summed E-state index contributed by atoms with van der Waals surface area (Å²) < 4.78 is 4.97. The third-order valence-corrected chi connectivity index (χ3v) is 6.76. The van der Waals surface area contributed by atoms with Crippen LogP contribution in [0.25, 0.3) is 0 Å². The van der Waals surface area contributed by atoms with E-state index in [1.807, 2.05) is 30.3 Å². The Morgan fingerprint density at radius 3 is 2.24 bits per heavy atom. The van der Waals surface area contributed by atoms with E-state index >= 15 is 0 Å². The predicted molar refractivity (Wildman–Crippen MR) is 142 cm³/mol. The van der Waals surface area contributed by atoms with Gasteiger partial charge in [-0.05, 0) is 42.0 Å². The largest absolute Gasteiger partial charge is 0.468 e. The molecular weight excluding hydrogens is 484 g/mol. The monoisotopic (exact) mass is 518 g/mol. The highest BCUT2D eigenvalue weighted by atomic mass is 16.5. The molecule has 38 heavy (non-hydrogen) atoms. The lowest BCUT2D eigenvalue weighted by Gasteiger charge is -2.32. The van der Waals surface area contributed by atoms with Crippen molar-refractivity contribution in [3.8, 4) is 0 Å². The van der Waals surface area contributed by atoms with Gasteiger partial charge in [0.2, 0.25) is 5.95 Å². The van der Waals surface area contributed by atoms with Gasteiger partial charge in [-0.1, -0.05) is 54.6 Å². The van der Waals surface area contributed by atoms with Gasteiger partial charge in [-0.2, -0.15) is 0 Å². The second-order valence-electron chi connectivity index (χ2n) is 9.34. The van der Waals surface area contributed by atoms with Gasteiger partial charge in [-0.15, -0.1) is 0 Å². The molecule has 3 aromatic rings. The average Bonchev–Trinajstić information content (AvgIpc) is 2.98. The summed E-state index contributed by atoms with van der Waals surface area (Å²) in [5, 5.41) is 15.6. The van der Waals surface area contributed by atoms with E-state index in [9.17, 15) is 9.59 Å². The van der Waals surface area contributed by atoms with Crippen LogP contribution < -0.4 is 21.0 Å². The summed E-state index contributed by atoms with van der Waals surface area (Å²) in [5.74, 6) is 0.243. The van der Waals surface area contributed by atoms with Gasteiger partial charge in [0.1, 0.15) is 6.04 Å². The zero-order chi connectivity index (χ0) is 26.7. The molecule has 1 amide bonds. The highest BCUT2D eigenvalue weighted by Gasteiger charge is 2.22. The van der Waals surface area contributed by atoms with Crippen molar-refractivity contribution in [2.75, 3.05) is 31.6 Å². The number of nitrogens with one attached hydrogen (secondary N) is 3. The number of hydrogen-bond acceptors (Lipinski definition) is 9. The first-order valence-corrected chi connectivity index (χ1v) is 12.7. The van der Waals surface area contributed by atoms with E-state index in [1.165, 1.54) is 25.1 Å². The van der Waals surface area contributed by atoms with Crippen molar-refractivity contribution in [1.82, 2.24) is 26.1 Å². The minimum Gasteiger partial charge on any atom is -0.468 e. The van der Waals surface area contributed by atoms with Crippen LogP contribution in [0.3, 0.4) is 0 Å². The molecule has 0 radical (unpaired) electrons. The van der Waals surface area contributed by atoms with Crippen LogP contribution in [0.15, 0.2) is 67.0 Å². The highest BCUT2D eigenvalue weighted by Crippen LogP contribution is 2.20. The number of anilines is 1. The standard InChI is InChI=1S/C28H34N6O4/c1-38-27(36)25(23-5-3-2-4-6-23)30-17-21-9-7-20(8-10-21)15-29-16-22-11-13-34(14-12-22)28-31-18-24(19-32-28)26(35)33-37/h2-10,18-19,22,25,29-30,37H,11-17H2,1H3,(H,33,35)/t25-/m0/s1. The number of carbonyl (C=O) groups excluding carboxylic acids is 2. The van der Waals surface area contributed by atoms with Gasteiger partial charge in [-0.3, -0.25) is 15.3 Å². The van der Waals surface area contributed by atoms with Crippen molar-refractivity contribution in [1.29, 1.82) is 0 Å². The number of esters is 1. The molecule has 2 aromatic carbocycles. The lowest BCUT2D eigenvalue weighted by Crippen LogP contribution is -2.38. The van der Waals surface area contributed by atoms with E-state index in [2.05, 4.69) is 49.8 Å². The number of aromatic nitrogens is 2. The number of hydroxylamine groups is 1. The molecule has 0 unspecified atom stereocenters. The molecule has 4 N–H and O–H groups in total. The lowest BCUT2D eigenvalue weighted by atomic mass is 9.97. The number of carbonyl (C=O) groups is 2. The highest BCUT2D eigenvalue weighted by molar-refractivity contribution is 5.92. The summed E-state index contributed by atoms with van der Waals surface area (Å²) in [6.45, 7) is 4.00. The fourth-order valence-electron chi connectivity index (χ4n) is 4.52. The van der Waals surface area contributed by atoms with Gasteiger partial charge in [-0.25, -0.2) is 20.2 Å². The molecule has 1 fully saturated rings. The molecule has 0 saturated carbocycles. The minimum absolute atomic E-state index is 0.220. The third kappa shape index (κ3) is 7.34. The van der Waals surface area contributed by atoms with E-state index in [1.54, 1.807) is 5.48 Å². The minimum atomic E-state index is -0.622. The van der Waals surface area contributed by atoms with Crippen molar-refractivity contribution in [2.45, 2.75) is 32.0 Å². The second kappa shape index (κ2) is 13.6. The van der Waals surface area contributed by atoms with Crippen molar-refractivity contribution >= 4 is 17.8 Å². The first-order chi connectivity index (χ1) is 18.6. The van der Waals surface area contributed by atoms with E-state index < -0.39 is 11.9 Å². The summed E-state index contributed by atoms with van der Waals surface area (Å²) in [6, 6.07) is 17.5. The fourth-order valence-corrected chi connectivity index (χ4v) is 4.52. The normalized spacial score (nSPS) is 14.6. The van der Waals surface area contributed by atoms with E-state index in [-0.39, 0.29) is 11.5 Å². The second-order valence-corrected chi connectivity index (χ2v) is 9.34. The van der Waals surface area contributed by atoms with Gasteiger partial charge >= 0.3 is 5.97 Å². The van der Waals surface area contributed by atoms with Crippen LogP contribution in [0, 0.1) is 5.92 Å². The average molecular weight is 519 g/mol. The predicted octanol–water partition coefficient (Wildman–Crippen LogP) is 2.61. The van der Waals surface area contributed by atoms with Crippen molar-refractivity contribution in [3.63, 3.8) is 0 Å². The topological polar surface area (TPSA) is 129 Å². The Labute approximate surface area is 222 Å². The molecule has 1 aromatic heterocycles. The molecule has 1 aliphatic rings. The number of hydrogen-bond donors (Lipinski definition) is 4. The first-order valence-electron chi connectivity index (χ1n) is 12.7. The zero-order valence-corrected chi connectivity index (χ0v) is 21.5. The number of ether oxygens (including phenoxy) is 1. The Hall–Kier alpha value is -3.86. The molecule has 1 atom stereocenters. The maximum absolute atomic E-state index is 12.2. The number of piperidine rings is 1. The smallest absolute Gasteiger partial charge is 0.327 e.